The molecular weight excluding hydrogens is 646 g/mol. The predicted octanol–water partition coefficient (Wildman–Crippen LogP) is 9.22. The molecule has 2 heterocycles. The van der Waals surface area contributed by atoms with Crippen molar-refractivity contribution in [2.45, 2.75) is 164 Å². The predicted molar refractivity (Wildman–Crippen MR) is 216 cm³/mol. The Morgan fingerprint density at radius 1 is 0.540 bits per heavy atom. The van der Waals surface area contributed by atoms with Crippen molar-refractivity contribution in [1.82, 2.24) is 21.3 Å². The van der Waals surface area contributed by atoms with E-state index in [1.807, 2.05) is 5.56 Å². The van der Waals surface area contributed by atoms with E-state index >= 15 is 0 Å². The molecule has 10 fully saturated rings. The minimum absolute atomic E-state index is 0.0900. The summed E-state index contributed by atoms with van der Waals surface area (Å²) < 4.78 is 0. The maximum absolute atomic E-state index is 4.06. The third-order valence-electron chi connectivity index (χ3n) is 15.6. The van der Waals surface area contributed by atoms with Crippen LogP contribution >= 0.6 is 15.8 Å². The lowest BCUT2D eigenvalue weighted by atomic mass is 9.55. The van der Waals surface area contributed by atoms with Crippen molar-refractivity contribution in [1.29, 1.82) is 0 Å². The molecule has 0 aromatic heterocycles. The minimum Gasteiger partial charge on any atom is -0.314 e. The highest BCUT2D eigenvalue weighted by Gasteiger charge is 2.62. The van der Waals surface area contributed by atoms with Gasteiger partial charge in [0.1, 0.15) is 0 Å². The zero-order valence-electron chi connectivity index (χ0n) is 32.8. The van der Waals surface area contributed by atoms with Crippen molar-refractivity contribution in [3.05, 3.63) is 34.4 Å². The molecule has 8 saturated carbocycles. The SMILES string of the molecule is CC(C)(C)c1cc(CP(C2CNCCN2)C2CNCCN2)c(CP(C23CC4CC(CC(C4)C2)C3)C23CC4CC(CC(C4)C2)C3)cc1C(C)(C)C. The number of hydrogen-bond acceptors (Lipinski definition) is 4. The number of nitrogens with one attached hydrogen (secondary N) is 4. The highest BCUT2D eigenvalue weighted by molar-refractivity contribution is 7.60. The summed E-state index contributed by atoms with van der Waals surface area (Å²) >= 11 is 0. The molecule has 2 atom stereocenters. The van der Waals surface area contributed by atoms with Crippen molar-refractivity contribution in [3.8, 4) is 0 Å². The minimum atomic E-state index is -0.295. The summed E-state index contributed by atoms with van der Waals surface area (Å²) in [6, 6.07) is 5.70. The van der Waals surface area contributed by atoms with Crippen molar-refractivity contribution < 1.29 is 0 Å². The van der Waals surface area contributed by atoms with E-state index in [1.54, 1.807) is 93.7 Å². The highest BCUT2D eigenvalue weighted by Crippen LogP contribution is 2.80. The Kier molecular flexibility index (Phi) is 9.47. The van der Waals surface area contributed by atoms with E-state index in [1.165, 1.54) is 12.3 Å². The van der Waals surface area contributed by atoms with Gasteiger partial charge >= 0.3 is 0 Å². The second-order valence-electron chi connectivity index (χ2n) is 21.6. The molecule has 0 amide bonds. The third kappa shape index (κ3) is 6.65. The van der Waals surface area contributed by atoms with Gasteiger partial charge in [0.05, 0.1) is 0 Å². The van der Waals surface area contributed by atoms with E-state index in [0.717, 1.165) is 74.8 Å². The number of rotatable bonds is 8. The summed E-state index contributed by atoms with van der Waals surface area (Å²) in [5.74, 6) is 7.47. The Hall–Kier alpha value is -0.0800. The summed E-state index contributed by atoms with van der Waals surface area (Å²) in [7, 11) is -0.385. The van der Waals surface area contributed by atoms with Gasteiger partial charge in [0.2, 0.25) is 0 Å². The average Bonchev–Trinajstić information content (AvgIpc) is 3.04. The van der Waals surface area contributed by atoms with Gasteiger partial charge in [-0.15, -0.1) is 0 Å². The standard InChI is InChI=1S/C44H72N4P2/c1-41(2,3)37-17-35(27-49(39-25-45-7-9-47-39)40-26-46-8-10-48-40)36(18-38(37)42(4,5)6)28-50(43-19-29-11-30(20-43)13-31(12-29)21-43)44-22-32-14-33(23-44)16-34(15-32)24-44/h17-18,29-34,39-40,45-48H,7-16,19-28H2,1-6H3. The molecule has 1 aromatic carbocycles. The van der Waals surface area contributed by atoms with Gasteiger partial charge in [-0.05, 0) is 168 Å². The van der Waals surface area contributed by atoms with Gasteiger partial charge in [-0.25, -0.2) is 0 Å². The molecule has 2 unspecified atom stereocenters. The van der Waals surface area contributed by atoms with Crippen molar-refractivity contribution in [2.24, 2.45) is 35.5 Å². The number of piperazine rings is 2. The molecule has 6 heteroatoms. The monoisotopic (exact) mass is 719 g/mol. The lowest BCUT2D eigenvalue weighted by Crippen LogP contribution is -2.56. The Labute approximate surface area is 308 Å². The van der Waals surface area contributed by atoms with E-state index in [4.69, 9.17) is 0 Å². The van der Waals surface area contributed by atoms with Crippen LogP contribution < -0.4 is 21.3 Å². The van der Waals surface area contributed by atoms with Crippen LogP contribution in [0.1, 0.15) is 141 Å². The summed E-state index contributed by atoms with van der Waals surface area (Å²) in [5.41, 5.74) is 7.13. The molecule has 0 spiro atoms. The van der Waals surface area contributed by atoms with E-state index in [-0.39, 0.29) is 26.7 Å². The van der Waals surface area contributed by atoms with E-state index in [2.05, 4.69) is 74.9 Å². The molecule has 8 aliphatic carbocycles. The van der Waals surface area contributed by atoms with Crippen LogP contribution in [0, 0.1) is 35.5 Å². The van der Waals surface area contributed by atoms with Gasteiger partial charge in [0.15, 0.2) is 0 Å². The van der Waals surface area contributed by atoms with Gasteiger partial charge < -0.3 is 21.3 Å². The lowest BCUT2D eigenvalue weighted by Gasteiger charge is -2.67. The van der Waals surface area contributed by atoms with Crippen LogP contribution in [0.25, 0.3) is 0 Å². The van der Waals surface area contributed by atoms with Gasteiger partial charge in [0, 0.05) is 50.8 Å². The van der Waals surface area contributed by atoms with Crippen molar-refractivity contribution in [3.63, 3.8) is 0 Å². The zero-order chi connectivity index (χ0) is 34.5. The third-order valence-corrected chi connectivity index (χ3v) is 22.7. The first-order valence-electron chi connectivity index (χ1n) is 21.4. The van der Waals surface area contributed by atoms with E-state index in [9.17, 15) is 0 Å². The van der Waals surface area contributed by atoms with Gasteiger partial charge in [-0.3, -0.25) is 0 Å². The summed E-state index contributed by atoms with van der Waals surface area (Å²) in [5, 5.41) is 17.1. The molecular formula is C44H72N4P2. The van der Waals surface area contributed by atoms with Crippen LogP contribution in [0.2, 0.25) is 0 Å². The Morgan fingerprint density at radius 2 is 0.900 bits per heavy atom. The second-order valence-corrected chi connectivity index (χ2v) is 27.2. The van der Waals surface area contributed by atoms with Gasteiger partial charge in [-0.2, -0.15) is 0 Å². The normalized spacial score (nSPS) is 42.2. The number of hydrogen-bond donors (Lipinski definition) is 4. The first kappa shape index (κ1) is 35.6. The molecule has 4 N–H and O–H groups in total. The summed E-state index contributed by atoms with van der Waals surface area (Å²) in [4.78, 5) is 0. The van der Waals surface area contributed by atoms with Gasteiger partial charge in [0.25, 0.3) is 0 Å². The highest BCUT2D eigenvalue weighted by atomic mass is 31.1. The Morgan fingerprint density at radius 3 is 1.22 bits per heavy atom. The van der Waals surface area contributed by atoms with Crippen LogP contribution in [0.5, 0.6) is 0 Å². The largest absolute Gasteiger partial charge is 0.314 e. The molecule has 10 aliphatic rings. The summed E-state index contributed by atoms with van der Waals surface area (Å²) in [6.07, 6.45) is 21.8. The second kappa shape index (κ2) is 13.3. The van der Waals surface area contributed by atoms with Crippen LogP contribution in [0.15, 0.2) is 12.1 Å². The van der Waals surface area contributed by atoms with Crippen molar-refractivity contribution in [2.75, 3.05) is 39.3 Å². The molecule has 1 aromatic rings. The van der Waals surface area contributed by atoms with Crippen molar-refractivity contribution >= 4 is 15.8 Å². The number of benzene rings is 1. The quantitative estimate of drug-likeness (QED) is 0.203. The average molecular weight is 719 g/mol. The molecule has 2 aliphatic heterocycles. The maximum Gasteiger partial charge on any atom is 0.0413 e. The first-order valence-corrected chi connectivity index (χ1v) is 24.6. The zero-order valence-corrected chi connectivity index (χ0v) is 34.6. The van der Waals surface area contributed by atoms with Crippen LogP contribution in [-0.2, 0) is 23.2 Å². The fraction of sp³-hybridized carbons (Fsp3) is 0.864. The van der Waals surface area contributed by atoms with Crippen LogP contribution in [-0.4, -0.2) is 61.1 Å². The Bertz CT molecular complexity index is 1260. The smallest absolute Gasteiger partial charge is 0.0413 e. The fourth-order valence-corrected chi connectivity index (χ4v) is 22.6. The maximum atomic E-state index is 4.06. The summed E-state index contributed by atoms with van der Waals surface area (Å²) in [6.45, 7) is 21.6. The topological polar surface area (TPSA) is 48.1 Å². The molecule has 4 nitrogen and oxygen atoms in total. The molecule has 50 heavy (non-hydrogen) atoms. The van der Waals surface area contributed by atoms with Crippen LogP contribution in [0.3, 0.4) is 0 Å². The molecule has 8 bridgehead atoms. The van der Waals surface area contributed by atoms with E-state index in [0.29, 0.717) is 21.9 Å². The molecule has 2 saturated heterocycles. The molecule has 11 rings (SSSR count). The molecule has 0 radical (unpaired) electrons. The lowest BCUT2D eigenvalue weighted by molar-refractivity contribution is 0.0184. The van der Waals surface area contributed by atoms with Crippen LogP contribution in [0.4, 0.5) is 0 Å². The Balaban J connectivity index is 1.17. The fourth-order valence-electron chi connectivity index (χ4n) is 14.4. The molecule has 278 valence electrons. The van der Waals surface area contributed by atoms with Gasteiger partial charge in [-0.1, -0.05) is 69.5 Å². The first-order chi connectivity index (χ1) is 23.9. The van der Waals surface area contributed by atoms with E-state index < -0.39 is 0 Å².